The number of anilines is 1. The molecule has 0 radical (unpaired) electrons. The third-order valence-corrected chi connectivity index (χ3v) is 4.86. The molecule has 1 saturated carbocycles. The van der Waals surface area contributed by atoms with Crippen molar-refractivity contribution in [1.29, 1.82) is 0 Å². The Hall–Kier alpha value is -0.810. The van der Waals surface area contributed by atoms with Gasteiger partial charge in [-0.3, -0.25) is 0 Å². The summed E-state index contributed by atoms with van der Waals surface area (Å²) in [6, 6.07) is 3.70. The van der Waals surface area contributed by atoms with Gasteiger partial charge in [0.1, 0.15) is 10.7 Å². The van der Waals surface area contributed by atoms with Gasteiger partial charge in [0.05, 0.1) is 0 Å². The number of nitrogens with zero attached hydrogens (tertiary/aromatic N) is 2. The third kappa shape index (κ3) is 3.39. The van der Waals surface area contributed by atoms with Gasteiger partial charge in [-0.2, -0.15) is 0 Å². The molecule has 6 heteroatoms. The fourth-order valence-electron chi connectivity index (χ4n) is 2.28. The SMILES string of the molecule is CS(=O)(=O)c1cccnc1N(CCCCl)C1CCC1. The van der Waals surface area contributed by atoms with E-state index >= 15 is 0 Å². The maximum absolute atomic E-state index is 11.9. The summed E-state index contributed by atoms with van der Waals surface area (Å²) in [6.45, 7) is 0.758. The van der Waals surface area contributed by atoms with Gasteiger partial charge < -0.3 is 4.90 Å². The molecule has 0 spiro atoms. The highest BCUT2D eigenvalue weighted by molar-refractivity contribution is 7.90. The predicted octanol–water partition coefficient (Wildman–Crippen LogP) is 2.47. The average molecular weight is 303 g/mol. The van der Waals surface area contributed by atoms with Crippen LogP contribution in [-0.4, -0.2) is 38.1 Å². The maximum Gasteiger partial charge on any atom is 0.179 e. The molecule has 1 heterocycles. The van der Waals surface area contributed by atoms with E-state index in [2.05, 4.69) is 9.88 Å². The van der Waals surface area contributed by atoms with E-state index < -0.39 is 9.84 Å². The maximum atomic E-state index is 11.9. The van der Waals surface area contributed by atoms with Crippen LogP contribution >= 0.6 is 11.6 Å². The molecule has 0 atom stereocenters. The van der Waals surface area contributed by atoms with Crippen LogP contribution in [0.3, 0.4) is 0 Å². The van der Waals surface area contributed by atoms with Crippen molar-refractivity contribution in [2.45, 2.75) is 36.6 Å². The number of aromatic nitrogens is 1. The lowest BCUT2D eigenvalue weighted by atomic mass is 9.91. The van der Waals surface area contributed by atoms with Crippen molar-refractivity contribution in [1.82, 2.24) is 4.98 Å². The first-order valence-electron chi connectivity index (χ1n) is 6.51. The summed E-state index contributed by atoms with van der Waals surface area (Å²) in [5, 5.41) is 0. The summed E-state index contributed by atoms with van der Waals surface area (Å²) >= 11 is 5.76. The van der Waals surface area contributed by atoms with Gasteiger partial charge in [-0.25, -0.2) is 13.4 Å². The molecule has 0 saturated heterocycles. The molecule has 2 rings (SSSR count). The Balaban J connectivity index is 2.35. The van der Waals surface area contributed by atoms with Crippen molar-refractivity contribution in [3.05, 3.63) is 18.3 Å². The van der Waals surface area contributed by atoms with Crippen LogP contribution in [0, 0.1) is 0 Å². The monoisotopic (exact) mass is 302 g/mol. The van der Waals surface area contributed by atoms with Crippen LogP contribution in [0.5, 0.6) is 0 Å². The first kappa shape index (κ1) is 14.6. The highest BCUT2D eigenvalue weighted by Crippen LogP contribution is 2.32. The van der Waals surface area contributed by atoms with Crippen LogP contribution in [0.25, 0.3) is 0 Å². The van der Waals surface area contributed by atoms with E-state index in [1.165, 1.54) is 12.7 Å². The minimum Gasteiger partial charge on any atom is -0.353 e. The Labute approximate surface area is 119 Å². The molecule has 19 heavy (non-hydrogen) atoms. The van der Waals surface area contributed by atoms with Crippen molar-refractivity contribution >= 4 is 27.3 Å². The van der Waals surface area contributed by atoms with Crippen LogP contribution in [0.15, 0.2) is 23.2 Å². The Kier molecular flexibility index (Phi) is 4.68. The van der Waals surface area contributed by atoms with E-state index in [0.717, 1.165) is 25.8 Å². The topological polar surface area (TPSA) is 50.3 Å². The summed E-state index contributed by atoms with van der Waals surface area (Å²) in [7, 11) is -3.26. The molecule has 106 valence electrons. The second-order valence-electron chi connectivity index (χ2n) is 4.92. The second-order valence-corrected chi connectivity index (χ2v) is 7.28. The molecule has 1 aliphatic rings. The zero-order valence-corrected chi connectivity index (χ0v) is 12.6. The molecule has 1 aromatic heterocycles. The quantitative estimate of drug-likeness (QED) is 0.758. The van der Waals surface area contributed by atoms with E-state index in [1.807, 2.05) is 0 Å². The van der Waals surface area contributed by atoms with Crippen LogP contribution in [0.1, 0.15) is 25.7 Å². The summed E-state index contributed by atoms with van der Waals surface area (Å²) < 4.78 is 23.7. The largest absolute Gasteiger partial charge is 0.353 e. The van der Waals surface area contributed by atoms with Crippen molar-refractivity contribution < 1.29 is 8.42 Å². The van der Waals surface area contributed by atoms with Crippen LogP contribution in [0.2, 0.25) is 0 Å². The minimum absolute atomic E-state index is 0.316. The predicted molar refractivity (Wildman–Crippen MR) is 77.7 cm³/mol. The van der Waals surface area contributed by atoms with Crippen molar-refractivity contribution in [2.75, 3.05) is 23.6 Å². The normalized spacial score (nSPS) is 16.1. The van der Waals surface area contributed by atoms with Crippen molar-refractivity contribution in [2.24, 2.45) is 0 Å². The molecular formula is C13H19ClN2O2S. The van der Waals surface area contributed by atoms with Gasteiger partial charge in [-0.1, -0.05) is 0 Å². The number of sulfone groups is 1. The summed E-state index contributed by atoms with van der Waals surface area (Å²) in [5.74, 6) is 1.16. The standard InChI is InChI=1S/C13H19ClN2O2S/c1-19(17,18)12-7-3-9-15-13(12)16(10-4-8-14)11-5-2-6-11/h3,7,9,11H,2,4-6,8,10H2,1H3. The first-order chi connectivity index (χ1) is 9.04. The molecule has 0 unspecified atom stereocenters. The van der Waals surface area contributed by atoms with Crippen molar-refractivity contribution in [3.63, 3.8) is 0 Å². The van der Waals surface area contributed by atoms with E-state index in [9.17, 15) is 8.42 Å². The molecule has 0 amide bonds. The van der Waals surface area contributed by atoms with Gasteiger partial charge in [-0.05, 0) is 37.8 Å². The summed E-state index contributed by atoms with van der Waals surface area (Å²) in [6.07, 6.45) is 7.11. The van der Waals surface area contributed by atoms with Crippen LogP contribution < -0.4 is 4.90 Å². The highest BCUT2D eigenvalue weighted by Gasteiger charge is 2.29. The Morgan fingerprint density at radius 1 is 1.47 bits per heavy atom. The van der Waals surface area contributed by atoms with Gasteiger partial charge in [0.25, 0.3) is 0 Å². The van der Waals surface area contributed by atoms with E-state index in [0.29, 0.717) is 22.6 Å². The molecule has 0 aliphatic heterocycles. The number of alkyl halides is 1. The zero-order chi connectivity index (χ0) is 13.9. The fraction of sp³-hybridized carbons (Fsp3) is 0.615. The van der Waals surface area contributed by atoms with Crippen LogP contribution in [-0.2, 0) is 9.84 Å². The molecule has 1 aliphatic carbocycles. The van der Waals surface area contributed by atoms with Gasteiger partial charge in [0, 0.05) is 30.9 Å². The number of hydrogen-bond donors (Lipinski definition) is 0. The molecule has 1 aromatic rings. The molecule has 0 N–H and O–H groups in total. The van der Waals surface area contributed by atoms with Gasteiger partial charge in [0.2, 0.25) is 0 Å². The molecule has 1 fully saturated rings. The lowest BCUT2D eigenvalue weighted by molar-refractivity contribution is 0.382. The third-order valence-electron chi connectivity index (χ3n) is 3.47. The number of rotatable bonds is 6. The van der Waals surface area contributed by atoms with Gasteiger partial charge >= 0.3 is 0 Å². The number of hydrogen-bond acceptors (Lipinski definition) is 4. The van der Waals surface area contributed by atoms with E-state index in [1.54, 1.807) is 18.3 Å². The van der Waals surface area contributed by atoms with Crippen LogP contribution in [0.4, 0.5) is 5.82 Å². The average Bonchev–Trinajstić information content (AvgIpc) is 2.31. The molecule has 0 bridgehead atoms. The lowest BCUT2D eigenvalue weighted by Gasteiger charge is -2.39. The van der Waals surface area contributed by atoms with E-state index in [4.69, 9.17) is 11.6 Å². The summed E-state index contributed by atoms with van der Waals surface area (Å²) in [4.78, 5) is 6.73. The van der Waals surface area contributed by atoms with Crippen molar-refractivity contribution in [3.8, 4) is 0 Å². The molecular weight excluding hydrogens is 284 g/mol. The number of pyridine rings is 1. The fourth-order valence-corrected chi connectivity index (χ4v) is 3.22. The highest BCUT2D eigenvalue weighted by atomic mass is 35.5. The zero-order valence-electron chi connectivity index (χ0n) is 11.0. The summed E-state index contributed by atoms with van der Waals surface area (Å²) in [5.41, 5.74) is 0. The number of halogens is 1. The lowest BCUT2D eigenvalue weighted by Crippen LogP contribution is -2.42. The van der Waals surface area contributed by atoms with Gasteiger partial charge in [0.15, 0.2) is 9.84 Å². The molecule has 4 nitrogen and oxygen atoms in total. The van der Waals surface area contributed by atoms with Gasteiger partial charge in [-0.15, -0.1) is 11.6 Å². The Morgan fingerprint density at radius 2 is 2.21 bits per heavy atom. The molecule has 0 aromatic carbocycles. The smallest absolute Gasteiger partial charge is 0.179 e. The second kappa shape index (κ2) is 6.09. The Morgan fingerprint density at radius 3 is 2.74 bits per heavy atom. The van der Waals surface area contributed by atoms with E-state index in [-0.39, 0.29) is 0 Å². The Bertz CT molecular complexity index is 529. The first-order valence-corrected chi connectivity index (χ1v) is 8.94. The minimum atomic E-state index is -3.26.